The van der Waals surface area contributed by atoms with E-state index in [-0.39, 0.29) is 6.10 Å². The molecule has 0 N–H and O–H groups in total. The van der Waals surface area contributed by atoms with E-state index >= 15 is 0 Å². The lowest BCUT2D eigenvalue weighted by Gasteiger charge is -2.25. The van der Waals surface area contributed by atoms with Crippen molar-refractivity contribution in [2.75, 3.05) is 4.90 Å². The van der Waals surface area contributed by atoms with Crippen molar-refractivity contribution in [1.29, 1.82) is 0 Å². The molecule has 1 aliphatic heterocycles. The van der Waals surface area contributed by atoms with Crippen molar-refractivity contribution in [2.24, 2.45) is 0 Å². The summed E-state index contributed by atoms with van der Waals surface area (Å²) in [5.41, 5.74) is 8.09. The van der Waals surface area contributed by atoms with Gasteiger partial charge in [0, 0.05) is 22.6 Å². The van der Waals surface area contributed by atoms with Gasteiger partial charge >= 0.3 is 0 Å². The maximum Gasteiger partial charge on any atom is 0.142 e. The minimum Gasteiger partial charge on any atom is -0.481 e. The third-order valence-electron chi connectivity index (χ3n) is 7.33. The molecule has 6 aromatic rings. The number of ether oxygens (including phenoxy) is 1. The highest BCUT2D eigenvalue weighted by Gasteiger charge is 2.18. The summed E-state index contributed by atoms with van der Waals surface area (Å²) in [5, 5.41) is 2.41. The Bertz CT molecular complexity index is 1720. The summed E-state index contributed by atoms with van der Waals surface area (Å²) in [4.78, 5) is 2.28. The second kappa shape index (κ2) is 10.00. The first kappa shape index (κ1) is 23.1. The Morgan fingerprint density at radius 1 is 0.513 bits per heavy atom. The van der Waals surface area contributed by atoms with Gasteiger partial charge in [-0.05, 0) is 82.1 Å². The molecule has 0 spiro atoms. The smallest absolute Gasteiger partial charge is 0.142 e. The first-order valence-corrected chi connectivity index (χ1v) is 13.3. The molecule has 1 unspecified atom stereocenters. The van der Waals surface area contributed by atoms with Crippen LogP contribution in [0.25, 0.3) is 28.0 Å². The Morgan fingerprint density at radius 3 is 1.77 bits per heavy atom. The molecule has 7 rings (SSSR count). The van der Waals surface area contributed by atoms with Gasteiger partial charge in [0.15, 0.2) is 0 Å². The molecule has 0 radical (unpaired) electrons. The van der Waals surface area contributed by atoms with Crippen LogP contribution in [0.4, 0.5) is 17.1 Å². The van der Waals surface area contributed by atoms with Gasteiger partial charge in [-0.1, -0.05) is 103 Å². The van der Waals surface area contributed by atoms with Crippen LogP contribution in [-0.4, -0.2) is 0 Å². The van der Waals surface area contributed by atoms with Gasteiger partial charge in [-0.15, -0.1) is 0 Å². The van der Waals surface area contributed by atoms with Crippen LogP contribution >= 0.6 is 0 Å². The average molecular weight is 502 g/mol. The maximum atomic E-state index is 6.36. The average Bonchev–Trinajstić information content (AvgIpc) is 3.02. The van der Waals surface area contributed by atoms with Crippen molar-refractivity contribution in [2.45, 2.75) is 6.10 Å². The van der Waals surface area contributed by atoms with Gasteiger partial charge in [-0.3, -0.25) is 0 Å². The van der Waals surface area contributed by atoms with E-state index in [1.807, 2.05) is 6.07 Å². The minimum atomic E-state index is -0.0553. The van der Waals surface area contributed by atoms with E-state index < -0.39 is 0 Å². The lowest BCUT2D eigenvalue weighted by atomic mass is 9.95. The standard InChI is InChI=1S/C37H27NO/c1-4-10-28(11-5-1)36-25-23-35-34-22-18-29(26-30(34)19-24-37(35)39-36)27-16-20-33(21-17-27)38(31-12-6-2-7-13-31)32-14-8-3-9-15-32/h1-26,36H. The third kappa shape index (κ3) is 4.47. The van der Waals surface area contributed by atoms with E-state index in [2.05, 4.69) is 157 Å². The highest BCUT2D eigenvalue weighted by Crippen LogP contribution is 2.39. The molecule has 39 heavy (non-hydrogen) atoms. The molecule has 0 saturated carbocycles. The number of hydrogen-bond acceptors (Lipinski definition) is 2. The summed E-state index contributed by atoms with van der Waals surface area (Å²) < 4.78 is 6.36. The Morgan fingerprint density at radius 2 is 1.10 bits per heavy atom. The molecule has 0 amide bonds. The van der Waals surface area contributed by atoms with Gasteiger partial charge in [0.25, 0.3) is 0 Å². The fraction of sp³-hybridized carbons (Fsp3) is 0.0270. The molecule has 0 saturated heterocycles. The van der Waals surface area contributed by atoms with Gasteiger partial charge in [0.2, 0.25) is 0 Å². The summed E-state index contributed by atoms with van der Waals surface area (Å²) in [7, 11) is 0. The molecule has 1 atom stereocenters. The number of hydrogen-bond donors (Lipinski definition) is 0. The molecule has 0 aliphatic carbocycles. The largest absolute Gasteiger partial charge is 0.481 e. The number of fused-ring (bicyclic) bond motifs is 3. The predicted octanol–water partition coefficient (Wildman–Crippen LogP) is 10.1. The van der Waals surface area contributed by atoms with Crippen molar-refractivity contribution in [1.82, 2.24) is 0 Å². The summed E-state index contributed by atoms with van der Waals surface area (Å²) in [6.07, 6.45) is 4.30. The van der Waals surface area contributed by atoms with Gasteiger partial charge in [-0.2, -0.15) is 0 Å². The molecule has 6 aromatic carbocycles. The Balaban J connectivity index is 1.20. The zero-order valence-electron chi connectivity index (χ0n) is 21.4. The Hall–Kier alpha value is -5.08. The molecular weight excluding hydrogens is 474 g/mol. The highest BCUT2D eigenvalue weighted by molar-refractivity contribution is 5.96. The zero-order valence-corrected chi connectivity index (χ0v) is 21.4. The highest BCUT2D eigenvalue weighted by atomic mass is 16.5. The van der Waals surface area contributed by atoms with Crippen LogP contribution in [-0.2, 0) is 0 Å². The van der Waals surface area contributed by atoms with E-state index in [9.17, 15) is 0 Å². The van der Waals surface area contributed by atoms with Crippen molar-refractivity contribution >= 4 is 33.9 Å². The first-order valence-electron chi connectivity index (χ1n) is 13.3. The molecule has 1 heterocycles. The van der Waals surface area contributed by atoms with Crippen LogP contribution in [0, 0.1) is 0 Å². The summed E-state index contributed by atoms with van der Waals surface area (Å²) in [6.45, 7) is 0. The fourth-order valence-electron chi connectivity index (χ4n) is 5.37. The van der Waals surface area contributed by atoms with Gasteiger partial charge in [0.05, 0.1) is 0 Å². The van der Waals surface area contributed by atoms with Crippen LogP contribution in [0.15, 0.2) is 152 Å². The molecule has 2 nitrogen and oxygen atoms in total. The van der Waals surface area contributed by atoms with Crippen molar-refractivity contribution in [3.8, 4) is 16.9 Å². The van der Waals surface area contributed by atoms with Crippen LogP contribution in [0.3, 0.4) is 0 Å². The van der Waals surface area contributed by atoms with Crippen LogP contribution in [0.5, 0.6) is 5.75 Å². The second-order valence-electron chi connectivity index (χ2n) is 9.77. The van der Waals surface area contributed by atoms with E-state index in [0.29, 0.717) is 0 Å². The topological polar surface area (TPSA) is 12.5 Å². The van der Waals surface area contributed by atoms with E-state index in [4.69, 9.17) is 4.74 Å². The van der Waals surface area contributed by atoms with Gasteiger partial charge < -0.3 is 9.64 Å². The van der Waals surface area contributed by atoms with Crippen LogP contribution in [0.2, 0.25) is 0 Å². The fourth-order valence-corrected chi connectivity index (χ4v) is 5.37. The first-order chi connectivity index (χ1) is 19.3. The quantitative estimate of drug-likeness (QED) is 0.233. The molecule has 1 aliphatic rings. The normalized spacial score (nSPS) is 14.0. The van der Waals surface area contributed by atoms with E-state index in [1.54, 1.807) is 0 Å². The molecular formula is C37H27NO. The molecule has 186 valence electrons. The number of anilines is 3. The van der Waals surface area contributed by atoms with Crippen molar-refractivity contribution in [3.05, 3.63) is 163 Å². The summed E-state index contributed by atoms with van der Waals surface area (Å²) >= 11 is 0. The van der Waals surface area contributed by atoms with E-state index in [0.717, 1.165) is 33.9 Å². The molecule has 0 bridgehead atoms. The predicted molar refractivity (Wildman–Crippen MR) is 163 cm³/mol. The van der Waals surface area contributed by atoms with Gasteiger partial charge in [0.1, 0.15) is 11.9 Å². The van der Waals surface area contributed by atoms with E-state index in [1.165, 1.54) is 21.9 Å². The molecule has 0 aromatic heterocycles. The third-order valence-corrected chi connectivity index (χ3v) is 7.33. The molecule has 0 fully saturated rings. The summed E-state index contributed by atoms with van der Waals surface area (Å²) in [5.74, 6) is 0.929. The zero-order chi connectivity index (χ0) is 26.0. The molecule has 2 heteroatoms. The lowest BCUT2D eigenvalue weighted by molar-refractivity contribution is 0.252. The van der Waals surface area contributed by atoms with Crippen molar-refractivity contribution in [3.63, 3.8) is 0 Å². The van der Waals surface area contributed by atoms with Gasteiger partial charge in [-0.25, -0.2) is 0 Å². The Labute approximate surface area is 229 Å². The SMILES string of the molecule is C1=CC(c2ccccc2)Oc2ccc3cc(-c4ccc(N(c5ccccc5)c5ccccc5)cc4)ccc3c21. The summed E-state index contributed by atoms with van der Waals surface area (Å²) in [6, 6.07) is 51.1. The number of rotatable bonds is 5. The minimum absolute atomic E-state index is 0.0553. The lowest BCUT2D eigenvalue weighted by Crippen LogP contribution is -2.09. The van der Waals surface area contributed by atoms with Crippen LogP contribution < -0.4 is 9.64 Å². The van der Waals surface area contributed by atoms with Crippen molar-refractivity contribution < 1.29 is 4.74 Å². The number of nitrogens with zero attached hydrogens (tertiary/aromatic N) is 1. The number of benzene rings is 6. The number of para-hydroxylation sites is 2. The second-order valence-corrected chi connectivity index (χ2v) is 9.77. The van der Waals surface area contributed by atoms with Crippen LogP contribution in [0.1, 0.15) is 17.2 Å². The Kier molecular flexibility index (Phi) is 5.91. The maximum absolute atomic E-state index is 6.36. The monoisotopic (exact) mass is 501 g/mol.